The summed E-state index contributed by atoms with van der Waals surface area (Å²) in [6.45, 7) is 6.51. The van der Waals surface area contributed by atoms with E-state index in [1.54, 1.807) is 6.20 Å². The van der Waals surface area contributed by atoms with Crippen molar-refractivity contribution in [2.24, 2.45) is 7.05 Å². The first-order valence-electron chi connectivity index (χ1n) is 9.90. The van der Waals surface area contributed by atoms with Gasteiger partial charge in [0.15, 0.2) is 11.5 Å². The fourth-order valence-corrected chi connectivity index (χ4v) is 4.55. The molecule has 2 aliphatic heterocycles. The molecular weight excluding hydrogens is 352 g/mol. The van der Waals surface area contributed by atoms with E-state index in [0.29, 0.717) is 17.9 Å². The summed E-state index contributed by atoms with van der Waals surface area (Å²) >= 11 is 0. The van der Waals surface area contributed by atoms with E-state index in [2.05, 4.69) is 32.2 Å². The fourth-order valence-electron chi connectivity index (χ4n) is 4.55. The van der Waals surface area contributed by atoms with Crippen molar-refractivity contribution in [3.8, 4) is 11.5 Å². The Morgan fingerprint density at radius 3 is 2.82 bits per heavy atom. The number of piperazine rings is 1. The average Bonchev–Trinajstić information content (AvgIpc) is 3.22. The zero-order valence-electron chi connectivity index (χ0n) is 16.6. The molecule has 0 radical (unpaired) electrons. The van der Waals surface area contributed by atoms with E-state index in [-0.39, 0.29) is 0 Å². The van der Waals surface area contributed by atoms with Gasteiger partial charge in [0.05, 0.1) is 11.1 Å². The number of nitrogens with one attached hydrogen (secondary N) is 1. The van der Waals surface area contributed by atoms with Crippen molar-refractivity contribution >= 4 is 16.9 Å². The number of fused-ring (bicyclic) bond motifs is 2. The summed E-state index contributed by atoms with van der Waals surface area (Å²) < 4.78 is 1.83. The molecule has 0 aromatic carbocycles. The molecule has 5 rings (SSSR count). The average molecular weight is 378 g/mol. The normalized spacial score (nSPS) is 23.2. The first-order valence-corrected chi connectivity index (χ1v) is 9.90. The third-order valence-corrected chi connectivity index (χ3v) is 5.91. The van der Waals surface area contributed by atoms with E-state index in [9.17, 15) is 0 Å². The van der Waals surface area contributed by atoms with Crippen molar-refractivity contribution in [3.63, 3.8) is 0 Å². The van der Waals surface area contributed by atoms with E-state index in [0.717, 1.165) is 60.8 Å². The zero-order chi connectivity index (χ0) is 19.3. The van der Waals surface area contributed by atoms with Gasteiger partial charge in [-0.1, -0.05) is 6.07 Å². The summed E-state index contributed by atoms with van der Waals surface area (Å²) in [5.41, 5.74) is 2.56. The van der Waals surface area contributed by atoms with Crippen LogP contribution in [0.1, 0.15) is 12.1 Å². The molecule has 28 heavy (non-hydrogen) atoms. The maximum atomic E-state index is 4.87. The Morgan fingerprint density at radius 1 is 1.11 bits per heavy atom. The molecule has 0 bridgehead atoms. The topological polar surface area (TPSA) is 75.0 Å². The molecule has 0 spiro atoms. The Morgan fingerprint density at radius 2 is 2.00 bits per heavy atom. The first-order chi connectivity index (χ1) is 13.6. The third kappa shape index (κ3) is 3.02. The molecule has 0 saturated carbocycles. The third-order valence-electron chi connectivity index (χ3n) is 5.91. The highest BCUT2D eigenvalue weighted by molar-refractivity contribution is 5.90. The number of rotatable bonds is 3. The van der Waals surface area contributed by atoms with Gasteiger partial charge in [0.2, 0.25) is 0 Å². The molecule has 2 saturated heterocycles. The molecule has 5 heterocycles. The molecule has 2 atom stereocenters. The Labute approximate surface area is 164 Å². The largest absolute Gasteiger partial charge is 0.365 e. The molecule has 0 amide bonds. The van der Waals surface area contributed by atoms with Crippen LogP contribution in [-0.2, 0) is 7.05 Å². The van der Waals surface area contributed by atoms with E-state index in [4.69, 9.17) is 9.97 Å². The molecule has 2 aliphatic rings. The van der Waals surface area contributed by atoms with Gasteiger partial charge in [-0.15, -0.1) is 0 Å². The van der Waals surface area contributed by atoms with Crippen molar-refractivity contribution in [1.82, 2.24) is 34.5 Å². The van der Waals surface area contributed by atoms with Crippen LogP contribution in [0.15, 0.2) is 24.4 Å². The first kappa shape index (κ1) is 17.5. The lowest BCUT2D eigenvalue weighted by atomic mass is 10.1. The minimum Gasteiger partial charge on any atom is -0.365 e. The molecule has 3 aromatic heterocycles. The quantitative estimate of drug-likeness (QED) is 0.741. The minimum atomic E-state index is 0.380. The molecule has 0 aliphatic carbocycles. The van der Waals surface area contributed by atoms with E-state index in [1.807, 2.05) is 36.9 Å². The van der Waals surface area contributed by atoms with Crippen LogP contribution in [0.25, 0.3) is 22.6 Å². The SMILES string of the molecule is Cc1nn(C)c2nc(-c3ccccn3)nc(N[C@H]3C[C@H]4CN(C)CCN4C3)c12. The highest BCUT2D eigenvalue weighted by Gasteiger charge is 2.35. The lowest BCUT2D eigenvalue weighted by molar-refractivity contribution is 0.124. The maximum absolute atomic E-state index is 4.87. The van der Waals surface area contributed by atoms with Crippen molar-refractivity contribution < 1.29 is 0 Å². The molecule has 146 valence electrons. The number of aryl methyl sites for hydroxylation is 2. The Hall–Kier alpha value is -2.58. The number of likely N-dealkylation sites (N-methyl/N-ethyl adjacent to an activating group) is 1. The van der Waals surface area contributed by atoms with Crippen LogP contribution in [-0.4, -0.2) is 79.8 Å². The van der Waals surface area contributed by atoms with Gasteiger partial charge in [0, 0.05) is 51.5 Å². The Balaban J connectivity index is 1.51. The van der Waals surface area contributed by atoms with Crippen LogP contribution >= 0.6 is 0 Å². The lowest BCUT2D eigenvalue weighted by Crippen LogP contribution is -2.48. The predicted octanol–water partition coefficient (Wildman–Crippen LogP) is 1.53. The van der Waals surface area contributed by atoms with Crippen LogP contribution in [0.5, 0.6) is 0 Å². The molecular formula is C20H26N8. The van der Waals surface area contributed by atoms with Gasteiger partial charge in [-0.05, 0) is 32.5 Å². The molecule has 8 heteroatoms. The fraction of sp³-hybridized carbons (Fsp3) is 0.500. The summed E-state index contributed by atoms with van der Waals surface area (Å²) in [6, 6.07) is 6.81. The smallest absolute Gasteiger partial charge is 0.182 e. The summed E-state index contributed by atoms with van der Waals surface area (Å²) in [5.74, 6) is 1.50. The predicted molar refractivity (Wildman–Crippen MR) is 109 cm³/mol. The summed E-state index contributed by atoms with van der Waals surface area (Å²) in [6.07, 6.45) is 2.91. The molecule has 1 N–H and O–H groups in total. The van der Waals surface area contributed by atoms with Crippen molar-refractivity contribution in [2.75, 3.05) is 38.5 Å². The highest BCUT2D eigenvalue weighted by Crippen LogP contribution is 2.30. The highest BCUT2D eigenvalue weighted by atomic mass is 15.3. The van der Waals surface area contributed by atoms with Gasteiger partial charge in [0.1, 0.15) is 11.5 Å². The number of pyridine rings is 1. The monoisotopic (exact) mass is 378 g/mol. The second kappa shape index (κ2) is 6.79. The number of hydrogen-bond donors (Lipinski definition) is 1. The Kier molecular flexibility index (Phi) is 4.25. The number of nitrogens with zero attached hydrogens (tertiary/aromatic N) is 7. The molecule has 2 fully saturated rings. The summed E-state index contributed by atoms with van der Waals surface area (Å²) in [7, 11) is 4.14. The maximum Gasteiger partial charge on any atom is 0.182 e. The molecule has 0 unspecified atom stereocenters. The summed E-state index contributed by atoms with van der Waals surface area (Å²) in [4.78, 5) is 19.1. The van der Waals surface area contributed by atoms with Crippen molar-refractivity contribution in [1.29, 1.82) is 0 Å². The van der Waals surface area contributed by atoms with Gasteiger partial charge < -0.3 is 10.2 Å². The van der Waals surface area contributed by atoms with Crippen LogP contribution < -0.4 is 5.32 Å². The number of aromatic nitrogens is 5. The summed E-state index contributed by atoms with van der Waals surface area (Å²) in [5, 5.41) is 9.31. The van der Waals surface area contributed by atoms with Gasteiger partial charge in [-0.25, -0.2) is 9.97 Å². The van der Waals surface area contributed by atoms with Gasteiger partial charge in [-0.3, -0.25) is 14.6 Å². The van der Waals surface area contributed by atoms with Gasteiger partial charge >= 0.3 is 0 Å². The van der Waals surface area contributed by atoms with Gasteiger partial charge in [-0.2, -0.15) is 5.10 Å². The second-order valence-corrected chi connectivity index (χ2v) is 8.01. The standard InChI is InChI=1S/C20H26N8/c1-13-17-19(22-14-10-15-12-26(2)8-9-28(15)11-14)23-18(16-6-4-5-7-21-16)24-20(17)27(3)25-13/h4-7,14-15H,8-12H2,1-3H3,(H,22,23,24)/t14-,15-/m0/s1. The lowest BCUT2D eigenvalue weighted by Gasteiger charge is -2.34. The van der Waals surface area contributed by atoms with Crippen molar-refractivity contribution in [2.45, 2.75) is 25.4 Å². The zero-order valence-corrected chi connectivity index (χ0v) is 16.6. The van der Waals surface area contributed by atoms with Crippen molar-refractivity contribution in [3.05, 3.63) is 30.1 Å². The number of hydrogen-bond acceptors (Lipinski definition) is 7. The van der Waals surface area contributed by atoms with E-state index >= 15 is 0 Å². The minimum absolute atomic E-state index is 0.380. The van der Waals surface area contributed by atoms with Crippen LogP contribution in [0, 0.1) is 6.92 Å². The van der Waals surface area contributed by atoms with E-state index < -0.39 is 0 Å². The van der Waals surface area contributed by atoms with Crippen LogP contribution in [0.3, 0.4) is 0 Å². The van der Waals surface area contributed by atoms with Crippen LogP contribution in [0.4, 0.5) is 5.82 Å². The second-order valence-electron chi connectivity index (χ2n) is 8.01. The Bertz CT molecular complexity index is 998. The number of anilines is 1. The van der Waals surface area contributed by atoms with E-state index in [1.165, 1.54) is 0 Å². The van der Waals surface area contributed by atoms with Gasteiger partial charge in [0.25, 0.3) is 0 Å². The molecule has 8 nitrogen and oxygen atoms in total. The molecule has 3 aromatic rings. The van der Waals surface area contributed by atoms with Crippen LogP contribution in [0.2, 0.25) is 0 Å².